The van der Waals surface area contributed by atoms with Gasteiger partial charge >= 0.3 is 5.97 Å². The van der Waals surface area contributed by atoms with Crippen LogP contribution >= 0.6 is 0 Å². The van der Waals surface area contributed by atoms with Crippen molar-refractivity contribution in [2.45, 2.75) is 51.6 Å². The Hall–Kier alpha value is -1.10. The van der Waals surface area contributed by atoms with E-state index in [0.29, 0.717) is 25.2 Å². The summed E-state index contributed by atoms with van der Waals surface area (Å²) in [7, 11) is 0. The van der Waals surface area contributed by atoms with E-state index < -0.39 is 12.0 Å². The Morgan fingerprint density at radius 3 is 2.53 bits per heavy atom. The normalized spacial score (nSPS) is 25.9. The standard InChI is InChI=1S/C12H22N2O3/c1-7(2)5-10(13)11(15)14-9-4-3-8(6-9)12(16)17/h7-10H,3-6,13H2,1-2H3,(H,14,15)(H,16,17)/t8-,9+,10-/m1/s1. The second-order valence-electron chi connectivity index (χ2n) is 5.29. The molecule has 0 saturated heterocycles. The highest BCUT2D eigenvalue weighted by molar-refractivity contribution is 5.82. The molecule has 17 heavy (non-hydrogen) atoms. The molecule has 3 atom stereocenters. The van der Waals surface area contributed by atoms with Gasteiger partial charge in [0, 0.05) is 6.04 Å². The molecule has 0 radical (unpaired) electrons. The fourth-order valence-corrected chi connectivity index (χ4v) is 2.26. The number of carbonyl (C=O) groups is 2. The lowest BCUT2D eigenvalue weighted by molar-refractivity contribution is -0.141. The van der Waals surface area contributed by atoms with E-state index in [-0.39, 0.29) is 17.9 Å². The van der Waals surface area contributed by atoms with E-state index in [4.69, 9.17) is 10.8 Å². The lowest BCUT2D eigenvalue weighted by Crippen LogP contribution is -2.45. The zero-order valence-electron chi connectivity index (χ0n) is 10.5. The molecule has 0 aromatic heterocycles. The molecule has 5 nitrogen and oxygen atoms in total. The SMILES string of the molecule is CC(C)C[C@@H](N)C(=O)N[C@H]1CC[C@@H](C(=O)O)C1. The summed E-state index contributed by atoms with van der Waals surface area (Å²) < 4.78 is 0. The highest BCUT2D eigenvalue weighted by atomic mass is 16.4. The van der Waals surface area contributed by atoms with Crippen molar-refractivity contribution >= 4 is 11.9 Å². The van der Waals surface area contributed by atoms with Gasteiger partial charge in [0.15, 0.2) is 0 Å². The number of carboxylic acids is 1. The van der Waals surface area contributed by atoms with Gasteiger partial charge in [-0.3, -0.25) is 9.59 Å². The van der Waals surface area contributed by atoms with E-state index in [1.165, 1.54) is 0 Å². The number of carbonyl (C=O) groups excluding carboxylic acids is 1. The summed E-state index contributed by atoms with van der Waals surface area (Å²) >= 11 is 0. The molecule has 0 bridgehead atoms. The third-order valence-corrected chi connectivity index (χ3v) is 3.19. The fourth-order valence-electron chi connectivity index (χ4n) is 2.26. The maximum Gasteiger partial charge on any atom is 0.306 e. The largest absolute Gasteiger partial charge is 0.481 e. The molecular formula is C12H22N2O3. The van der Waals surface area contributed by atoms with E-state index in [1.54, 1.807) is 0 Å². The minimum atomic E-state index is -0.770. The van der Waals surface area contributed by atoms with Crippen molar-refractivity contribution in [2.75, 3.05) is 0 Å². The molecule has 1 aliphatic rings. The van der Waals surface area contributed by atoms with Gasteiger partial charge < -0.3 is 16.2 Å². The van der Waals surface area contributed by atoms with Gasteiger partial charge in [-0.25, -0.2) is 0 Å². The van der Waals surface area contributed by atoms with Crippen LogP contribution in [0.15, 0.2) is 0 Å². The number of hydrogen-bond acceptors (Lipinski definition) is 3. The minimum Gasteiger partial charge on any atom is -0.481 e. The van der Waals surface area contributed by atoms with Crippen LogP contribution in [0.3, 0.4) is 0 Å². The summed E-state index contributed by atoms with van der Waals surface area (Å²) in [5.41, 5.74) is 5.76. The molecule has 0 unspecified atom stereocenters. The third kappa shape index (κ3) is 4.34. The van der Waals surface area contributed by atoms with Crippen molar-refractivity contribution < 1.29 is 14.7 Å². The molecule has 0 spiro atoms. The smallest absolute Gasteiger partial charge is 0.306 e. The average molecular weight is 242 g/mol. The first-order valence-corrected chi connectivity index (χ1v) is 6.19. The predicted molar refractivity (Wildman–Crippen MR) is 64.3 cm³/mol. The van der Waals surface area contributed by atoms with Gasteiger partial charge in [-0.05, 0) is 31.6 Å². The van der Waals surface area contributed by atoms with Gasteiger partial charge in [-0.2, -0.15) is 0 Å². The molecule has 5 heteroatoms. The number of carboxylic acid groups (broad SMARTS) is 1. The number of aliphatic carboxylic acids is 1. The van der Waals surface area contributed by atoms with Crippen LogP contribution in [0.4, 0.5) is 0 Å². The van der Waals surface area contributed by atoms with Crippen LogP contribution < -0.4 is 11.1 Å². The highest BCUT2D eigenvalue weighted by Crippen LogP contribution is 2.25. The van der Waals surface area contributed by atoms with E-state index in [1.807, 2.05) is 13.8 Å². The Morgan fingerprint density at radius 2 is 2.06 bits per heavy atom. The molecular weight excluding hydrogens is 220 g/mol. The van der Waals surface area contributed by atoms with Crippen molar-refractivity contribution in [3.05, 3.63) is 0 Å². The molecule has 0 heterocycles. The summed E-state index contributed by atoms with van der Waals surface area (Å²) in [4.78, 5) is 22.5. The monoisotopic (exact) mass is 242 g/mol. The van der Waals surface area contributed by atoms with Crippen molar-refractivity contribution in [3.63, 3.8) is 0 Å². The number of rotatable bonds is 5. The number of hydrogen-bond donors (Lipinski definition) is 3. The molecule has 1 saturated carbocycles. The van der Waals surface area contributed by atoms with Crippen LogP contribution in [0, 0.1) is 11.8 Å². The molecule has 0 aliphatic heterocycles. The zero-order valence-corrected chi connectivity index (χ0v) is 10.5. The molecule has 4 N–H and O–H groups in total. The molecule has 1 amide bonds. The van der Waals surface area contributed by atoms with E-state index in [2.05, 4.69) is 5.32 Å². The van der Waals surface area contributed by atoms with Gasteiger partial charge in [0.1, 0.15) is 0 Å². The number of nitrogens with one attached hydrogen (secondary N) is 1. The molecule has 98 valence electrons. The van der Waals surface area contributed by atoms with Crippen LogP contribution in [0.25, 0.3) is 0 Å². The summed E-state index contributed by atoms with van der Waals surface area (Å²) in [6.07, 6.45) is 2.55. The first-order valence-electron chi connectivity index (χ1n) is 6.19. The summed E-state index contributed by atoms with van der Waals surface area (Å²) in [5, 5.41) is 11.7. The van der Waals surface area contributed by atoms with Crippen LogP contribution in [-0.2, 0) is 9.59 Å². The van der Waals surface area contributed by atoms with Crippen LogP contribution in [0.1, 0.15) is 39.5 Å². The van der Waals surface area contributed by atoms with Crippen molar-refractivity contribution in [2.24, 2.45) is 17.6 Å². The van der Waals surface area contributed by atoms with Gasteiger partial charge in [0.2, 0.25) is 5.91 Å². The fraction of sp³-hybridized carbons (Fsp3) is 0.833. The Morgan fingerprint density at radius 1 is 1.41 bits per heavy atom. The Kier molecular flexibility index (Phi) is 4.93. The van der Waals surface area contributed by atoms with Gasteiger partial charge in [0.25, 0.3) is 0 Å². The molecule has 0 aromatic carbocycles. The molecule has 1 aliphatic carbocycles. The zero-order chi connectivity index (χ0) is 13.0. The summed E-state index contributed by atoms with van der Waals surface area (Å²) in [5.74, 6) is -0.865. The second kappa shape index (κ2) is 6.00. The van der Waals surface area contributed by atoms with E-state index in [9.17, 15) is 9.59 Å². The predicted octanol–water partition coefficient (Wildman–Crippen LogP) is 0.729. The number of amides is 1. The molecule has 1 fully saturated rings. The maximum absolute atomic E-state index is 11.7. The Balaban J connectivity index is 2.35. The van der Waals surface area contributed by atoms with Crippen LogP contribution in [0.5, 0.6) is 0 Å². The first-order chi connectivity index (χ1) is 7.90. The van der Waals surface area contributed by atoms with Crippen LogP contribution in [0.2, 0.25) is 0 Å². The minimum absolute atomic E-state index is 0.0261. The van der Waals surface area contributed by atoms with Gasteiger partial charge in [-0.15, -0.1) is 0 Å². The quantitative estimate of drug-likeness (QED) is 0.662. The summed E-state index contributed by atoms with van der Waals surface area (Å²) in [6, 6.07) is -0.513. The topological polar surface area (TPSA) is 92.4 Å². The van der Waals surface area contributed by atoms with Gasteiger partial charge in [0.05, 0.1) is 12.0 Å². The van der Waals surface area contributed by atoms with Crippen molar-refractivity contribution in [1.29, 1.82) is 0 Å². The average Bonchev–Trinajstić information content (AvgIpc) is 2.65. The third-order valence-electron chi connectivity index (χ3n) is 3.19. The van der Waals surface area contributed by atoms with Gasteiger partial charge in [-0.1, -0.05) is 13.8 Å². The highest BCUT2D eigenvalue weighted by Gasteiger charge is 2.31. The lowest BCUT2D eigenvalue weighted by atomic mass is 10.0. The van der Waals surface area contributed by atoms with Crippen molar-refractivity contribution in [3.8, 4) is 0 Å². The second-order valence-corrected chi connectivity index (χ2v) is 5.29. The first kappa shape index (κ1) is 14.0. The van der Waals surface area contributed by atoms with Crippen LogP contribution in [-0.4, -0.2) is 29.1 Å². The lowest BCUT2D eigenvalue weighted by Gasteiger charge is -2.18. The summed E-state index contributed by atoms with van der Waals surface area (Å²) in [6.45, 7) is 4.03. The van der Waals surface area contributed by atoms with E-state index >= 15 is 0 Å². The Bertz CT molecular complexity index is 291. The van der Waals surface area contributed by atoms with E-state index in [0.717, 1.165) is 6.42 Å². The molecule has 0 aromatic rings. The van der Waals surface area contributed by atoms with Crippen molar-refractivity contribution in [1.82, 2.24) is 5.32 Å². The maximum atomic E-state index is 11.7. The molecule has 1 rings (SSSR count). The number of nitrogens with two attached hydrogens (primary N) is 1. The Labute approximate surface area is 102 Å².